The SMILES string of the molecule is CC/C=C\C/C=C\C/C=C\C/C=C\C/C=C\C/C=C\C/C=C\CCCCCCCCCCCCCC(=O)OCC(COC(=O)CCCCCCC/C=C\CCC)OC(=O)CC/C=C\C/C=C\C/C=C\C/C=C\CC. The zero-order chi connectivity index (χ0) is 53.6. The molecule has 6 nitrogen and oxygen atoms in total. The van der Waals surface area contributed by atoms with Crippen molar-refractivity contribution in [1.82, 2.24) is 0 Å². The van der Waals surface area contributed by atoms with E-state index in [2.05, 4.69) is 154 Å². The van der Waals surface area contributed by atoms with Crippen LogP contribution in [0.5, 0.6) is 0 Å². The van der Waals surface area contributed by atoms with Crippen molar-refractivity contribution in [3.8, 4) is 0 Å². The Balaban J connectivity index is 4.21. The predicted octanol–water partition coefficient (Wildman–Crippen LogP) is 20.4. The molecule has 0 aliphatic rings. The largest absolute Gasteiger partial charge is 0.462 e. The van der Waals surface area contributed by atoms with E-state index in [0.29, 0.717) is 19.3 Å². The minimum Gasteiger partial charge on any atom is -0.462 e. The molecule has 1 unspecified atom stereocenters. The van der Waals surface area contributed by atoms with Crippen LogP contribution in [-0.4, -0.2) is 37.2 Å². The van der Waals surface area contributed by atoms with Gasteiger partial charge in [-0.3, -0.25) is 14.4 Å². The van der Waals surface area contributed by atoms with Crippen LogP contribution in [-0.2, 0) is 28.6 Å². The molecule has 0 amide bonds. The number of unbranched alkanes of at least 4 members (excludes halogenated alkanes) is 17. The second kappa shape index (κ2) is 60.8. The van der Waals surface area contributed by atoms with Gasteiger partial charge in [0.05, 0.1) is 0 Å². The molecule has 0 fully saturated rings. The highest BCUT2D eigenvalue weighted by atomic mass is 16.6. The van der Waals surface area contributed by atoms with Crippen LogP contribution in [0.15, 0.2) is 146 Å². The van der Waals surface area contributed by atoms with Gasteiger partial charge in [-0.1, -0.05) is 250 Å². The van der Waals surface area contributed by atoms with Gasteiger partial charge in [-0.15, -0.1) is 0 Å². The van der Waals surface area contributed by atoms with Crippen molar-refractivity contribution < 1.29 is 28.6 Å². The van der Waals surface area contributed by atoms with Crippen LogP contribution in [0.25, 0.3) is 0 Å². The van der Waals surface area contributed by atoms with Crippen LogP contribution in [0, 0.1) is 0 Å². The number of carbonyl (C=O) groups is 3. The molecule has 0 rings (SSSR count). The molecule has 0 heterocycles. The lowest BCUT2D eigenvalue weighted by atomic mass is 10.0. The molecule has 0 saturated heterocycles. The highest BCUT2D eigenvalue weighted by molar-refractivity contribution is 5.71. The highest BCUT2D eigenvalue weighted by Crippen LogP contribution is 2.14. The number of esters is 3. The van der Waals surface area contributed by atoms with Gasteiger partial charge in [0.2, 0.25) is 0 Å². The molecule has 0 aromatic heterocycles. The first-order valence-electron chi connectivity index (χ1n) is 29.8. The van der Waals surface area contributed by atoms with Crippen molar-refractivity contribution in [2.24, 2.45) is 0 Å². The topological polar surface area (TPSA) is 78.9 Å². The Bertz CT molecular complexity index is 1640. The van der Waals surface area contributed by atoms with Gasteiger partial charge in [0.15, 0.2) is 6.10 Å². The Hall–Kier alpha value is -4.71. The van der Waals surface area contributed by atoms with E-state index in [1.807, 2.05) is 12.2 Å². The third kappa shape index (κ3) is 58.2. The standard InChI is InChI=1S/C68H108O6/c1-4-7-10-13-16-19-22-24-25-26-27-28-29-30-31-32-33-34-35-36-37-38-39-40-41-42-43-45-46-49-52-55-58-61-67(70)73-64-65(63-72-66(69)60-57-54-51-48-21-18-15-12-9-6-3)74-68(71)62-59-56-53-50-47-44-23-20-17-14-11-8-5-2/h7-8,10-12,15-17,19-20,24-25,27-28,30-31,33-34,36-37,44,47,53,56,65H,4-6,9,13-14,18,21-23,26,29,32,35,38-43,45-46,48-52,54-55,57-64H2,1-3H3/b10-7-,11-8-,15-12-,19-16-,20-17-,25-24-,28-27-,31-30-,34-33-,37-36-,47-44-,56-53-. The molecule has 0 spiro atoms. The third-order valence-corrected chi connectivity index (χ3v) is 12.1. The molecule has 416 valence electrons. The fourth-order valence-corrected chi connectivity index (χ4v) is 7.67. The number of allylic oxidation sites excluding steroid dienone is 24. The van der Waals surface area contributed by atoms with Gasteiger partial charge in [-0.25, -0.2) is 0 Å². The Morgan fingerprint density at radius 2 is 0.554 bits per heavy atom. The van der Waals surface area contributed by atoms with Crippen molar-refractivity contribution in [3.05, 3.63) is 146 Å². The van der Waals surface area contributed by atoms with E-state index in [9.17, 15) is 14.4 Å². The average molecular weight is 1020 g/mol. The van der Waals surface area contributed by atoms with Crippen molar-refractivity contribution >= 4 is 17.9 Å². The van der Waals surface area contributed by atoms with Gasteiger partial charge >= 0.3 is 17.9 Å². The molecule has 1 atom stereocenters. The van der Waals surface area contributed by atoms with Gasteiger partial charge in [0.25, 0.3) is 0 Å². The summed E-state index contributed by atoms with van der Waals surface area (Å²) >= 11 is 0. The summed E-state index contributed by atoms with van der Waals surface area (Å²) in [4.78, 5) is 38.0. The molecule has 0 N–H and O–H groups in total. The maximum absolute atomic E-state index is 12.8. The van der Waals surface area contributed by atoms with E-state index in [1.54, 1.807) is 0 Å². The van der Waals surface area contributed by atoms with Gasteiger partial charge < -0.3 is 14.2 Å². The molecule has 0 aromatic rings. The van der Waals surface area contributed by atoms with Crippen molar-refractivity contribution in [1.29, 1.82) is 0 Å². The van der Waals surface area contributed by atoms with E-state index in [4.69, 9.17) is 14.2 Å². The van der Waals surface area contributed by atoms with Gasteiger partial charge in [-0.2, -0.15) is 0 Å². The number of ether oxygens (including phenoxy) is 3. The quantitative estimate of drug-likeness (QED) is 0.0261. The Morgan fingerprint density at radius 3 is 0.892 bits per heavy atom. The lowest BCUT2D eigenvalue weighted by Gasteiger charge is -2.18. The Morgan fingerprint density at radius 1 is 0.284 bits per heavy atom. The molecule has 74 heavy (non-hydrogen) atoms. The molecular formula is C68H108O6. The van der Waals surface area contributed by atoms with Crippen LogP contribution < -0.4 is 0 Å². The van der Waals surface area contributed by atoms with E-state index >= 15 is 0 Å². The number of hydrogen-bond acceptors (Lipinski definition) is 6. The second-order valence-electron chi connectivity index (χ2n) is 19.1. The van der Waals surface area contributed by atoms with Crippen LogP contribution >= 0.6 is 0 Å². The van der Waals surface area contributed by atoms with Crippen LogP contribution in [0.2, 0.25) is 0 Å². The summed E-state index contributed by atoms with van der Waals surface area (Å²) in [7, 11) is 0. The van der Waals surface area contributed by atoms with Gasteiger partial charge in [0, 0.05) is 19.3 Å². The smallest absolute Gasteiger partial charge is 0.306 e. The third-order valence-electron chi connectivity index (χ3n) is 12.1. The minimum atomic E-state index is -0.824. The molecule has 0 radical (unpaired) electrons. The normalized spacial score (nSPS) is 13.2. The van der Waals surface area contributed by atoms with E-state index < -0.39 is 12.1 Å². The summed E-state index contributed by atoms with van der Waals surface area (Å²) < 4.78 is 16.7. The fourth-order valence-electron chi connectivity index (χ4n) is 7.67. The first-order chi connectivity index (χ1) is 36.5. The highest BCUT2D eigenvalue weighted by Gasteiger charge is 2.19. The van der Waals surface area contributed by atoms with Gasteiger partial charge in [0.1, 0.15) is 13.2 Å². The monoisotopic (exact) mass is 1020 g/mol. The lowest BCUT2D eigenvalue weighted by Crippen LogP contribution is -2.30. The zero-order valence-corrected chi connectivity index (χ0v) is 47.5. The summed E-state index contributed by atoms with van der Waals surface area (Å²) in [6, 6.07) is 0. The zero-order valence-electron chi connectivity index (χ0n) is 47.5. The summed E-state index contributed by atoms with van der Waals surface area (Å²) in [6.07, 6.45) is 87.4. The maximum atomic E-state index is 12.8. The fraction of sp³-hybridized carbons (Fsp3) is 0.603. The summed E-state index contributed by atoms with van der Waals surface area (Å²) in [6.45, 7) is 6.26. The van der Waals surface area contributed by atoms with Crippen molar-refractivity contribution in [2.75, 3.05) is 13.2 Å². The average Bonchev–Trinajstić information content (AvgIpc) is 3.40. The molecule has 0 aliphatic carbocycles. The number of rotatable bonds is 52. The molecule has 0 aliphatic heterocycles. The predicted molar refractivity (Wildman–Crippen MR) is 320 cm³/mol. The number of hydrogen-bond donors (Lipinski definition) is 0. The minimum absolute atomic E-state index is 0.115. The van der Waals surface area contributed by atoms with E-state index in [0.717, 1.165) is 128 Å². The summed E-state index contributed by atoms with van der Waals surface area (Å²) in [5, 5.41) is 0. The Labute approximate surface area is 455 Å². The first kappa shape index (κ1) is 69.3. The van der Waals surface area contributed by atoms with Crippen LogP contribution in [0.1, 0.15) is 245 Å². The molecular weight excluding hydrogens is 913 g/mol. The van der Waals surface area contributed by atoms with Gasteiger partial charge in [-0.05, 0) is 122 Å². The number of carbonyl (C=O) groups excluding carboxylic acids is 3. The summed E-state index contributed by atoms with van der Waals surface area (Å²) in [5.41, 5.74) is 0. The lowest BCUT2D eigenvalue weighted by molar-refractivity contribution is -0.166. The van der Waals surface area contributed by atoms with Crippen LogP contribution in [0.3, 0.4) is 0 Å². The molecule has 6 heteroatoms. The molecule has 0 bridgehead atoms. The molecule has 0 aromatic carbocycles. The Kier molecular flexibility index (Phi) is 57.0. The van der Waals surface area contributed by atoms with E-state index in [1.165, 1.54) is 70.6 Å². The van der Waals surface area contributed by atoms with Crippen molar-refractivity contribution in [2.45, 2.75) is 252 Å². The second-order valence-corrected chi connectivity index (χ2v) is 19.1. The molecule has 0 saturated carbocycles. The van der Waals surface area contributed by atoms with Crippen LogP contribution in [0.4, 0.5) is 0 Å². The van der Waals surface area contributed by atoms with E-state index in [-0.39, 0.29) is 31.6 Å². The first-order valence-corrected chi connectivity index (χ1v) is 29.8. The maximum Gasteiger partial charge on any atom is 0.306 e. The summed E-state index contributed by atoms with van der Waals surface area (Å²) in [5.74, 6) is -1.02. The van der Waals surface area contributed by atoms with Crippen molar-refractivity contribution in [3.63, 3.8) is 0 Å².